The van der Waals surface area contributed by atoms with Crippen molar-refractivity contribution in [3.8, 4) is 0 Å². The first-order valence-electron chi connectivity index (χ1n) is 5.42. The summed E-state index contributed by atoms with van der Waals surface area (Å²) in [5.74, 6) is -0.238. The molecule has 1 rings (SSSR count). The van der Waals surface area contributed by atoms with Gasteiger partial charge in [-0.1, -0.05) is 0 Å². The molecular weight excluding hydrogens is 273 g/mol. The summed E-state index contributed by atoms with van der Waals surface area (Å²) in [5, 5.41) is 3.20. The molecule has 90 valence electrons. The van der Waals surface area contributed by atoms with E-state index in [9.17, 15) is 4.39 Å². The van der Waals surface area contributed by atoms with Crippen LogP contribution < -0.4 is 5.32 Å². The lowest BCUT2D eigenvalue weighted by atomic mass is 10.2. The molecule has 0 aromatic heterocycles. The molecule has 16 heavy (non-hydrogen) atoms. The molecule has 0 saturated heterocycles. The van der Waals surface area contributed by atoms with Gasteiger partial charge in [-0.3, -0.25) is 0 Å². The normalized spacial score (nSPS) is 10.5. The summed E-state index contributed by atoms with van der Waals surface area (Å²) in [6.45, 7) is 6.20. The molecule has 0 saturated carbocycles. The van der Waals surface area contributed by atoms with E-state index in [-0.39, 0.29) is 5.82 Å². The Bertz CT molecular complexity index is 344. The number of ether oxygens (including phenoxy) is 1. The molecule has 0 bridgehead atoms. The van der Waals surface area contributed by atoms with Crippen LogP contribution in [0.2, 0.25) is 0 Å². The zero-order valence-electron chi connectivity index (χ0n) is 9.65. The lowest BCUT2D eigenvalue weighted by Gasteiger charge is -2.10. The molecule has 2 nitrogen and oxygen atoms in total. The molecule has 0 aliphatic carbocycles. The number of anilines is 1. The molecule has 4 heteroatoms. The summed E-state index contributed by atoms with van der Waals surface area (Å²) < 4.78 is 19.0. The Morgan fingerprint density at radius 2 is 2.19 bits per heavy atom. The summed E-state index contributed by atoms with van der Waals surface area (Å²) >= 11 is 3.16. The molecule has 0 aliphatic heterocycles. The first-order chi connectivity index (χ1) is 7.65. The molecule has 1 aromatic carbocycles. The fourth-order valence-corrected chi connectivity index (χ4v) is 1.84. The zero-order valence-corrected chi connectivity index (χ0v) is 11.2. The Balaban J connectivity index is 2.45. The highest BCUT2D eigenvalue weighted by Crippen LogP contribution is 2.23. The van der Waals surface area contributed by atoms with Gasteiger partial charge in [0.05, 0.1) is 4.47 Å². The highest BCUT2D eigenvalue weighted by Gasteiger charge is 2.04. The van der Waals surface area contributed by atoms with Crippen molar-refractivity contribution in [2.75, 3.05) is 25.1 Å². The number of benzene rings is 1. The quantitative estimate of drug-likeness (QED) is 0.806. The van der Waals surface area contributed by atoms with Gasteiger partial charge in [-0.2, -0.15) is 0 Å². The summed E-state index contributed by atoms with van der Waals surface area (Å²) in [5.41, 5.74) is 1.88. The Morgan fingerprint density at radius 3 is 2.88 bits per heavy atom. The van der Waals surface area contributed by atoms with Crippen molar-refractivity contribution in [2.24, 2.45) is 0 Å². The predicted molar refractivity (Wildman–Crippen MR) is 68.4 cm³/mol. The van der Waals surface area contributed by atoms with Crippen molar-refractivity contribution >= 4 is 21.6 Å². The van der Waals surface area contributed by atoms with Gasteiger partial charge >= 0.3 is 0 Å². The molecule has 0 spiro atoms. The van der Waals surface area contributed by atoms with Gasteiger partial charge in [0.2, 0.25) is 0 Å². The van der Waals surface area contributed by atoms with Crippen molar-refractivity contribution in [2.45, 2.75) is 20.3 Å². The maximum Gasteiger partial charge on any atom is 0.139 e. The van der Waals surface area contributed by atoms with Crippen molar-refractivity contribution in [1.82, 2.24) is 0 Å². The SMILES string of the molecule is CCOCCCNc1cc(F)c(Br)cc1C. The van der Waals surface area contributed by atoms with E-state index in [0.29, 0.717) is 4.47 Å². The Kier molecular flexibility index (Phi) is 5.77. The van der Waals surface area contributed by atoms with E-state index in [1.807, 2.05) is 13.8 Å². The predicted octanol–water partition coefficient (Wildman–Crippen LogP) is 3.74. The number of hydrogen-bond acceptors (Lipinski definition) is 2. The molecule has 0 aliphatic rings. The smallest absolute Gasteiger partial charge is 0.139 e. The standard InChI is InChI=1S/C12H17BrFNO/c1-3-16-6-4-5-15-12-8-11(14)10(13)7-9(12)2/h7-8,15H,3-6H2,1-2H3. The summed E-state index contributed by atoms with van der Waals surface area (Å²) in [4.78, 5) is 0. The number of hydrogen-bond donors (Lipinski definition) is 1. The van der Waals surface area contributed by atoms with Crippen molar-refractivity contribution in [3.05, 3.63) is 28.0 Å². The lowest BCUT2D eigenvalue weighted by Crippen LogP contribution is -2.07. The largest absolute Gasteiger partial charge is 0.385 e. The fraction of sp³-hybridized carbons (Fsp3) is 0.500. The van der Waals surface area contributed by atoms with Crippen LogP contribution in [0, 0.1) is 12.7 Å². The molecule has 1 N–H and O–H groups in total. The van der Waals surface area contributed by atoms with E-state index in [0.717, 1.165) is 37.4 Å². The Morgan fingerprint density at radius 1 is 1.44 bits per heavy atom. The Hall–Kier alpha value is -0.610. The molecule has 0 unspecified atom stereocenters. The van der Waals surface area contributed by atoms with Crippen LogP contribution in [-0.2, 0) is 4.74 Å². The van der Waals surface area contributed by atoms with Gasteiger partial charge in [-0.15, -0.1) is 0 Å². The van der Waals surface area contributed by atoms with E-state index >= 15 is 0 Å². The molecular formula is C12H17BrFNO. The van der Waals surface area contributed by atoms with Crippen LogP contribution in [0.1, 0.15) is 18.9 Å². The first kappa shape index (κ1) is 13.5. The van der Waals surface area contributed by atoms with Gasteiger partial charge in [0.1, 0.15) is 5.82 Å². The average molecular weight is 290 g/mol. The third kappa shape index (κ3) is 4.10. The van der Waals surface area contributed by atoms with Crippen molar-refractivity contribution in [3.63, 3.8) is 0 Å². The topological polar surface area (TPSA) is 21.3 Å². The van der Waals surface area contributed by atoms with Gasteiger partial charge in [-0.25, -0.2) is 4.39 Å². The first-order valence-corrected chi connectivity index (χ1v) is 6.21. The van der Waals surface area contributed by atoms with Gasteiger partial charge < -0.3 is 10.1 Å². The van der Waals surface area contributed by atoms with Gasteiger partial charge in [-0.05, 0) is 53.9 Å². The average Bonchev–Trinajstić information content (AvgIpc) is 2.25. The monoisotopic (exact) mass is 289 g/mol. The van der Waals surface area contributed by atoms with Gasteiger partial charge in [0.15, 0.2) is 0 Å². The van der Waals surface area contributed by atoms with Crippen LogP contribution in [0.15, 0.2) is 16.6 Å². The second-order valence-electron chi connectivity index (χ2n) is 3.56. The molecule has 1 aromatic rings. The van der Waals surface area contributed by atoms with Gasteiger partial charge in [0.25, 0.3) is 0 Å². The maximum atomic E-state index is 13.3. The van der Waals surface area contributed by atoms with Crippen LogP contribution in [0.4, 0.5) is 10.1 Å². The second kappa shape index (κ2) is 6.86. The molecule has 0 heterocycles. The Labute approximate surface area is 104 Å². The minimum absolute atomic E-state index is 0.238. The molecule has 0 radical (unpaired) electrons. The van der Waals surface area contributed by atoms with E-state index in [1.165, 1.54) is 6.07 Å². The van der Waals surface area contributed by atoms with Crippen LogP contribution in [0.3, 0.4) is 0 Å². The molecule has 0 fully saturated rings. The fourth-order valence-electron chi connectivity index (χ4n) is 1.38. The maximum absolute atomic E-state index is 13.3. The van der Waals surface area contributed by atoms with E-state index in [4.69, 9.17) is 4.74 Å². The lowest BCUT2D eigenvalue weighted by molar-refractivity contribution is 0.147. The van der Waals surface area contributed by atoms with E-state index in [2.05, 4.69) is 21.2 Å². The highest BCUT2D eigenvalue weighted by molar-refractivity contribution is 9.10. The summed E-state index contributed by atoms with van der Waals surface area (Å²) in [6.07, 6.45) is 0.922. The van der Waals surface area contributed by atoms with E-state index < -0.39 is 0 Å². The minimum atomic E-state index is -0.238. The van der Waals surface area contributed by atoms with Crippen LogP contribution in [-0.4, -0.2) is 19.8 Å². The number of rotatable bonds is 6. The number of aryl methyl sites for hydroxylation is 1. The highest BCUT2D eigenvalue weighted by atomic mass is 79.9. The third-order valence-corrected chi connectivity index (χ3v) is 2.86. The van der Waals surface area contributed by atoms with Crippen molar-refractivity contribution < 1.29 is 9.13 Å². The van der Waals surface area contributed by atoms with Crippen LogP contribution in [0.25, 0.3) is 0 Å². The van der Waals surface area contributed by atoms with Gasteiger partial charge in [0, 0.05) is 25.4 Å². The number of halogens is 2. The van der Waals surface area contributed by atoms with Crippen LogP contribution in [0.5, 0.6) is 0 Å². The summed E-state index contributed by atoms with van der Waals surface area (Å²) in [6, 6.07) is 3.29. The number of nitrogens with one attached hydrogen (secondary N) is 1. The minimum Gasteiger partial charge on any atom is -0.385 e. The van der Waals surface area contributed by atoms with Crippen molar-refractivity contribution in [1.29, 1.82) is 0 Å². The van der Waals surface area contributed by atoms with E-state index in [1.54, 1.807) is 6.07 Å². The second-order valence-corrected chi connectivity index (χ2v) is 4.41. The summed E-state index contributed by atoms with van der Waals surface area (Å²) in [7, 11) is 0. The molecule has 0 amide bonds. The molecule has 0 atom stereocenters. The van der Waals surface area contributed by atoms with Crippen LogP contribution >= 0.6 is 15.9 Å². The third-order valence-electron chi connectivity index (χ3n) is 2.25. The zero-order chi connectivity index (χ0) is 12.0.